The average Bonchev–Trinajstić information content (AvgIpc) is 2.79. The molecule has 3 nitrogen and oxygen atoms in total. The highest BCUT2D eigenvalue weighted by Crippen LogP contribution is 2.42. The van der Waals surface area contributed by atoms with Crippen molar-refractivity contribution in [3.8, 4) is 0 Å². The number of unbranched alkanes of at least 4 members (excludes halogenated alkanes) is 2. The van der Waals surface area contributed by atoms with Crippen LogP contribution in [0.1, 0.15) is 66.2 Å². The number of rotatable bonds is 10. The summed E-state index contributed by atoms with van der Waals surface area (Å²) in [5.74, 6) is 0.237. The zero-order valence-corrected chi connectivity index (χ0v) is 18.8. The van der Waals surface area contributed by atoms with Gasteiger partial charge >= 0.3 is 0 Å². The maximum atomic E-state index is 12.6. The quantitative estimate of drug-likeness (QED) is 0.302. The van der Waals surface area contributed by atoms with Crippen molar-refractivity contribution < 1.29 is 14.3 Å². The van der Waals surface area contributed by atoms with Gasteiger partial charge in [-0.05, 0) is 31.0 Å². The fraction of sp³-hybridized carbons (Fsp3) is 0.773. The molecule has 0 saturated heterocycles. The predicted octanol–water partition coefficient (Wildman–Crippen LogP) is 5.66. The Kier molecular flexibility index (Phi) is 8.97. The first-order chi connectivity index (χ1) is 12.0. The minimum atomic E-state index is -1.95. The van der Waals surface area contributed by atoms with E-state index in [2.05, 4.69) is 47.4 Å². The Balaban J connectivity index is 2.91. The molecule has 1 aliphatic carbocycles. The molecule has 1 saturated carbocycles. The van der Waals surface area contributed by atoms with Gasteiger partial charge in [-0.1, -0.05) is 65.2 Å². The van der Waals surface area contributed by atoms with Crippen LogP contribution in [0.2, 0.25) is 18.1 Å². The lowest BCUT2D eigenvalue weighted by atomic mass is 9.90. The van der Waals surface area contributed by atoms with Crippen LogP contribution in [0.25, 0.3) is 0 Å². The Morgan fingerprint density at radius 3 is 2.54 bits per heavy atom. The molecule has 0 heterocycles. The summed E-state index contributed by atoms with van der Waals surface area (Å²) in [6.07, 6.45) is 10.5. The fourth-order valence-electron chi connectivity index (χ4n) is 3.32. The molecule has 0 aromatic heterocycles. The molecule has 4 heteroatoms. The zero-order chi connectivity index (χ0) is 20.0. The van der Waals surface area contributed by atoms with Gasteiger partial charge in [0.25, 0.3) is 0 Å². The van der Waals surface area contributed by atoms with Gasteiger partial charge in [-0.2, -0.15) is 0 Å². The second-order valence-corrected chi connectivity index (χ2v) is 14.0. The summed E-state index contributed by atoms with van der Waals surface area (Å²) in [5, 5.41) is 10.4. The molecular formula is C22H40O3Si. The van der Waals surface area contributed by atoms with Crippen LogP contribution in [0.4, 0.5) is 0 Å². The number of Topliss-reactive ketones (excluding diaryl/α,β-unsaturated/α-hetero) is 1. The molecule has 0 aromatic carbocycles. The molecule has 0 bridgehead atoms. The summed E-state index contributed by atoms with van der Waals surface area (Å²) in [7, 11) is -1.95. The SMILES string of the molecule is C=CC[C@H]1C(=O)C[C@@H](O[Si](C)(C)C(C)(C)C)[C@@H]1/C=C/[C@H](O)CCCCC. The van der Waals surface area contributed by atoms with E-state index in [1.807, 2.05) is 18.2 Å². The summed E-state index contributed by atoms with van der Waals surface area (Å²) in [6.45, 7) is 17.1. The first-order valence-electron chi connectivity index (χ1n) is 10.2. The highest BCUT2D eigenvalue weighted by atomic mass is 28.4. The van der Waals surface area contributed by atoms with Crippen LogP contribution >= 0.6 is 0 Å². The largest absolute Gasteiger partial charge is 0.413 e. The highest BCUT2D eigenvalue weighted by molar-refractivity contribution is 6.74. The van der Waals surface area contributed by atoms with Crippen LogP contribution < -0.4 is 0 Å². The second-order valence-electron chi connectivity index (χ2n) is 9.24. The number of carbonyl (C=O) groups is 1. The number of allylic oxidation sites excluding steroid dienone is 1. The number of aliphatic hydroxyl groups excluding tert-OH is 1. The van der Waals surface area contributed by atoms with E-state index in [0.717, 1.165) is 25.7 Å². The molecule has 1 aliphatic rings. The third kappa shape index (κ3) is 6.47. The van der Waals surface area contributed by atoms with Gasteiger partial charge in [-0.3, -0.25) is 4.79 Å². The van der Waals surface area contributed by atoms with E-state index >= 15 is 0 Å². The number of aliphatic hydroxyl groups is 1. The molecule has 0 unspecified atom stereocenters. The Morgan fingerprint density at radius 1 is 1.35 bits per heavy atom. The fourth-order valence-corrected chi connectivity index (χ4v) is 4.67. The summed E-state index contributed by atoms with van der Waals surface area (Å²) in [5.41, 5.74) is 0. The van der Waals surface area contributed by atoms with Crippen molar-refractivity contribution in [3.63, 3.8) is 0 Å². The van der Waals surface area contributed by atoms with E-state index in [1.165, 1.54) is 0 Å². The first kappa shape index (κ1) is 23.3. The van der Waals surface area contributed by atoms with Crippen LogP contribution in [-0.2, 0) is 9.22 Å². The van der Waals surface area contributed by atoms with Crippen molar-refractivity contribution >= 4 is 14.1 Å². The Hall–Kier alpha value is -0.713. The maximum absolute atomic E-state index is 12.6. The minimum Gasteiger partial charge on any atom is -0.413 e. The average molecular weight is 381 g/mol. The molecule has 4 atom stereocenters. The monoisotopic (exact) mass is 380 g/mol. The normalized spacial score (nSPS) is 25.8. The third-order valence-electron chi connectivity index (χ3n) is 6.04. The van der Waals surface area contributed by atoms with Gasteiger partial charge < -0.3 is 9.53 Å². The van der Waals surface area contributed by atoms with E-state index in [-0.39, 0.29) is 28.8 Å². The van der Waals surface area contributed by atoms with Crippen LogP contribution in [0.5, 0.6) is 0 Å². The molecule has 0 aliphatic heterocycles. The van der Waals surface area contributed by atoms with Crippen LogP contribution in [0, 0.1) is 11.8 Å². The van der Waals surface area contributed by atoms with Crippen molar-refractivity contribution in [1.29, 1.82) is 0 Å². The lowest BCUT2D eigenvalue weighted by Gasteiger charge is -2.39. The van der Waals surface area contributed by atoms with Crippen molar-refractivity contribution in [2.45, 2.75) is 96.6 Å². The van der Waals surface area contributed by atoms with E-state index in [9.17, 15) is 9.90 Å². The molecule has 0 amide bonds. The topological polar surface area (TPSA) is 46.5 Å². The van der Waals surface area contributed by atoms with E-state index in [0.29, 0.717) is 12.8 Å². The zero-order valence-electron chi connectivity index (χ0n) is 17.8. The summed E-state index contributed by atoms with van der Waals surface area (Å²) in [6, 6.07) is 0. The number of carbonyl (C=O) groups excluding carboxylic acids is 1. The lowest BCUT2D eigenvalue weighted by molar-refractivity contribution is -0.121. The van der Waals surface area contributed by atoms with Crippen molar-refractivity contribution in [3.05, 3.63) is 24.8 Å². The molecular weight excluding hydrogens is 340 g/mol. The minimum absolute atomic E-state index is 0.0375. The molecule has 1 fully saturated rings. The lowest BCUT2D eigenvalue weighted by Crippen LogP contribution is -2.45. The first-order valence-corrected chi connectivity index (χ1v) is 13.1. The summed E-state index contributed by atoms with van der Waals surface area (Å²) >= 11 is 0. The van der Waals surface area contributed by atoms with Gasteiger partial charge in [-0.15, -0.1) is 6.58 Å². The van der Waals surface area contributed by atoms with Crippen LogP contribution in [0.15, 0.2) is 24.8 Å². The van der Waals surface area contributed by atoms with Gasteiger partial charge in [0.05, 0.1) is 12.2 Å². The van der Waals surface area contributed by atoms with E-state index in [4.69, 9.17) is 4.43 Å². The Labute approximate surface area is 162 Å². The summed E-state index contributed by atoms with van der Waals surface area (Å²) < 4.78 is 6.60. The molecule has 0 aromatic rings. The van der Waals surface area contributed by atoms with Crippen LogP contribution in [-0.4, -0.2) is 31.4 Å². The number of hydrogen-bond acceptors (Lipinski definition) is 3. The molecule has 26 heavy (non-hydrogen) atoms. The molecule has 0 radical (unpaired) electrons. The standard InChI is InChI=1S/C22H40O3Si/c1-8-10-11-13-17(23)14-15-19-18(12-9-2)20(24)16-21(19)25-26(6,7)22(3,4)5/h9,14-15,17-19,21,23H,2,8,10-13,16H2,1,3-7H3/b15-14+/t17-,18-,19-,21-/m1/s1. The van der Waals surface area contributed by atoms with E-state index < -0.39 is 14.4 Å². The Morgan fingerprint density at radius 2 is 2.00 bits per heavy atom. The van der Waals surface area contributed by atoms with Crippen molar-refractivity contribution in [1.82, 2.24) is 0 Å². The molecule has 0 spiro atoms. The second kappa shape index (κ2) is 10.0. The van der Waals surface area contributed by atoms with Gasteiger partial charge in [0.2, 0.25) is 0 Å². The van der Waals surface area contributed by atoms with Gasteiger partial charge in [0.15, 0.2) is 8.32 Å². The van der Waals surface area contributed by atoms with Crippen molar-refractivity contribution in [2.24, 2.45) is 11.8 Å². The van der Waals surface area contributed by atoms with Crippen LogP contribution in [0.3, 0.4) is 0 Å². The summed E-state index contributed by atoms with van der Waals surface area (Å²) in [4.78, 5) is 12.6. The van der Waals surface area contributed by atoms with Crippen molar-refractivity contribution in [2.75, 3.05) is 0 Å². The third-order valence-corrected chi connectivity index (χ3v) is 10.5. The molecule has 1 N–H and O–H groups in total. The highest BCUT2D eigenvalue weighted by Gasteiger charge is 2.46. The van der Waals surface area contributed by atoms with E-state index in [1.54, 1.807) is 0 Å². The smallest absolute Gasteiger partial charge is 0.192 e. The van der Waals surface area contributed by atoms with Gasteiger partial charge in [-0.25, -0.2) is 0 Å². The number of hydrogen-bond donors (Lipinski definition) is 1. The molecule has 150 valence electrons. The van der Waals surface area contributed by atoms with Gasteiger partial charge in [0, 0.05) is 18.3 Å². The van der Waals surface area contributed by atoms with Gasteiger partial charge in [0.1, 0.15) is 5.78 Å². The molecule has 1 rings (SSSR count). The predicted molar refractivity (Wildman–Crippen MR) is 113 cm³/mol. The number of ketones is 1. The Bertz CT molecular complexity index is 490. The maximum Gasteiger partial charge on any atom is 0.192 e.